The van der Waals surface area contributed by atoms with Crippen molar-refractivity contribution in [3.05, 3.63) is 71.8 Å². The van der Waals surface area contributed by atoms with Gasteiger partial charge in [0.2, 0.25) is 5.91 Å². The molecule has 0 atom stereocenters. The van der Waals surface area contributed by atoms with Crippen LogP contribution in [0.5, 0.6) is 17.2 Å². The molecule has 276 valence electrons. The lowest BCUT2D eigenvalue weighted by Gasteiger charge is -2.38. The van der Waals surface area contributed by atoms with Crippen LogP contribution in [0.15, 0.2) is 65.6 Å². The maximum atomic E-state index is 14.4. The molecule has 1 aliphatic carbocycles. The molecule has 2 aliphatic heterocycles. The number of methoxy groups -OCH3 is 2. The van der Waals surface area contributed by atoms with Gasteiger partial charge >= 0.3 is 0 Å². The van der Waals surface area contributed by atoms with Crippen molar-refractivity contribution in [2.45, 2.75) is 94.0 Å². The summed E-state index contributed by atoms with van der Waals surface area (Å²) in [6.07, 6.45) is 3.86. The van der Waals surface area contributed by atoms with E-state index in [0.717, 1.165) is 61.5 Å². The summed E-state index contributed by atoms with van der Waals surface area (Å²) in [5.41, 5.74) is 2.18. The lowest BCUT2D eigenvalue weighted by atomic mass is 9.65. The van der Waals surface area contributed by atoms with Gasteiger partial charge < -0.3 is 28.4 Å². The van der Waals surface area contributed by atoms with Gasteiger partial charge in [-0.25, -0.2) is 8.42 Å². The number of nitrogens with zero attached hydrogens (tertiary/aromatic N) is 2. The largest absolute Gasteiger partial charge is 0.497 e. The number of likely N-dealkylation sites (tertiary alicyclic amines) is 1. The van der Waals surface area contributed by atoms with E-state index in [-0.39, 0.29) is 27.7 Å². The summed E-state index contributed by atoms with van der Waals surface area (Å²) in [6, 6.07) is 17.9. The topological polar surface area (TPSA) is 107 Å². The maximum Gasteiger partial charge on any atom is 0.265 e. The number of benzene rings is 3. The van der Waals surface area contributed by atoms with E-state index in [2.05, 4.69) is 43.5 Å². The predicted octanol–water partition coefficient (Wildman–Crippen LogP) is 7.34. The SMILES string of the molecule is COc1ccc(CN2C(=O)C3(CCC3)c3cc(NS(=O)(=O)c4ccccc4OC)cc(OC4CCN(CCO[Si](C)(C)C(C)(C)C)CC4)c32)cc1. The minimum Gasteiger partial charge on any atom is -0.497 e. The molecule has 2 fully saturated rings. The minimum absolute atomic E-state index is 0.0331. The highest BCUT2D eigenvalue weighted by Crippen LogP contribution is 2.57. The Hall–Kier alpha value is -3.58. The molecular formula is C39H53N3O7SSi. The molecule has 6 rings (SSSR count). The summed E-state index contributed by atoms with van der Waals surface area (Å²) in [7, 11) is -2.76. The molecule has 0 unspecified atom stereocenters. The van der Waals surface area contributed by atoms with Gasteiger partial charge in [0.1, 0.15) is 28.2 Å². The number of carbonyl (C=O) groups is 1. The van der Waals surface area contributed by atoms with Gasteiger partial charge in [0, 0.05) is 32.3 Å². The number of fused-ring (bicyclic) bond motifs is 2. The Morgan fingerprint density at radius 1 is 0.941 bits per heavy atom. The molecule has 1 spiro atoms. The van der Waals surface area contributed by atoms with Crippen LogP contribution < -0.4 is 23.8 Å². The molecule has 3 aliphatic rings. The summed E-state index contributed by atoms with van der Waals surface area (Å²) >= 11 is 0. The fraction of sp³-hybridized carbons (Fsp3) is 0.513. The monoisotopic (exact) mass is 735 g/mol. The first-order chi connectivity index (χ1) is 24.2. The quantitative estimate of drug-likeness (QED) is 0.182. The zero-order valence-corrected chi connectivity index (χ0v) is 32.9. The van der Waals surface area contributed by atoms with E-state index in [9.17, 15) is 13.2 Å². The molecule has 51 heavy (non-hydrogen) atoms. The molecule has 1 saturated heterocycles. The number of piperidine rings is 1. The minimum atomic E-state index is -4.02. The third-order valence-corrected chi connectivity index (χ3v) is 17.3. The zero-order chi connectivity index (χ0) is 36.6. The average molecular weight is 736 g/mol. The number of amides is 1. The van der Waals surface area contributed by atoms with Crippen LogP contribution in [0.1, 0.15) is 64.0 Å². The lowest BCUT2D eigenvalue weighted by molar-refractivity contribution is -0.126. The lowest BCUT2D eigenvalue weighted by Crippen LogP contribution is -2.45. The van der Waals surface area contributed by atoms with Crippen molar-refractivity contribution in [1.82, 2.24) is 4.90 Å². The Labute approximate surface area is 304 Å². The van der Waals surface area contributed by atoms with Crippen molar-refractivity contribution in [1.29, 1.82) is 0 Å². The number of para-hydroxylation sites is 1. The number of hydrogen-bond donors (Lipinski definition) is 1. The number of rotatable bonds is 13. The second kappa shape index (κ2) is 14.4. The summed E-state index contributed by atoms with van der Waals surface area (Å²) in [6.45, 7) is 15.0. The van der Waals surface area contributed by atoms with Crippen LogP contribution in [0, 0.1) is 0 Å². The first-order valence-electron chi connectivity index (χ1n) is 18.0. The van der Waals surface area contributed by atoms with Crippen LogP contribution in [0.25, 0.3) is 0 Å². The van der Waals surface area contributed by atoms with E-state index in [0.29, 0.717) is 37.4 Å². The van der Waals surface area contributed by atoms with Crippen molar-refractivity contribution in [2.24, 2.45) is 0 Å². The molecule has 1 amide bonds. The van der Waals surface area contributed by atoms with E-state index in [4.69, 9.17) is 18.6 Å². The van der Waals surface area contributed by atoms with Gasteiger partial charge in [-0.15, -0.1) is 0 Å². The molecule has 3 aromatic rings. The number of carbonyl (C=O) groups excluding carboxylic acids is 1. The average Bonchev–Trinajstić information content (AvgIpc) is 3.32. The van der Waals surface area contributed by atoms with Crippen LogP contribution in [0.4, 0.5) is 11.4 Å². The molecule has 0 aromatic heterocycles. The Balaban J connectivity index is 1.29. The third kappa shape index (κ3) is 7.51. The van der Waals surface area contributed by atoms with Gasteiger partial charge in [-0.05, 0) is 85.3 Å². The standard InChI is InChI=1S/C39H53N3O7SSi/c1-38(2,3)51(6,7)48-24-23-41-21-17-31(18-22-41)49-34-26-29(40-50(44,45)35-12-9-8-11-33(35)47-5)25-32-36(34)42(37(43)39(32)19-10-20-39)27-28-13-15-30(46-4)16-14-28/h8-9,11-16,25-26,31,40H,10,17-24,27H2,1-7H3. The van der Waals surface area contributed by atoms with Crippen molar-refractivity contribution in [3.8, 4) is 17.2 Å². The highest BCUT2D eigenvalue weighted by atomic mass is 32.2. The molecule has 2 heterocycles. The van der Waals surface area contributed by atoms with Gasteiger partial charge in [-0.3, -0.25) is 9.52 Å². The second-order valence-corrected chi connectivity index (χ2v) is 22.0. The van der Waals surface area contributed by atoms with Gasteiger partial charge in [0.15, 0.2) is 8.32 Å². The first-order valence-corrected chi connectivity index (χ1v) is 22.4. The number of nitrogens with one attached hydrogen (secondary N) is 1. The molecule has 12 heteroatoms. The van der Waals surface area contributed by atoms with Gasteiger partial charge in [-0.1, -0.05) is 51.5 Å². The number of sulfonamides is 1. The van der Waals surface area contributed by atoms with Crippen molar-refractivity contribution >= 4 is 35.6 Å². The Bertz CT molecular complexity index is 1830. The van der Waals surface area contributed by atoms with Crippen molar-refractivity contribution < 1.29 is 31.8 Å². The van der Waals surface area contributed by atoms with Crippen LogP contribution >= 0.6 is 0 Å². The molecule has 1 saturated carbocycles. The van der Waals surface area contributed by atoms with Gasteiger partial charge in [-0.2, -0.15) is 0 Å². The van der Waals surface area contributed by atoms with Gasteiger partial charge in [0.05, 0.1) is 37.6 Å². The Morgan fingerprint density at radius 3 is 2.24 bits per heavy atom. The molecular weight excluding hydrogens is 683 g/mol. The van der Waals surface area contributed by atoms with E-state index in [1.54, 1.807) is 31.4 Å². The fourth-order valence-corrected chi connectivity index (χ4v) is 9.33. The fourth-order valence-electron chi connectivity index (χ4n) is 7.08. The first kappa shape index (κ1) is 37.2. The normalized spacial score (nSPS) is 18.0. The maximum absolute atomic E-state index is 14.4. The highest BCUT2D eigenvalue weighted by molar-refractivity contribution is 7.92. The molecule has 10 nitrogen and oxygen atoms in total. The molecule has 0 radical (unpaired) electrons. The van der Waals surface area contributed by atoms with Crippen molar-refractivity contribution in [3.63, 3.8) is 0 Å². The summed E-state index contributed by atoms with van der Waals surface area (Å²) in [4.78, 5) is 18.7. The van der Waals surface area contributed by atoms with Crippen LogP contribution in [0.3, 0.4) is 0 Å². The number of hydrogen-bond acceptors (Lipinski definition) is 8. The second-order valence-electron chi connectivity index (χ2n) is 15.6. The predicted molar refractivity (Wildman–Crippen MR) is 203 cm³/mol. The van der Waals surface area contributed by atoms with E-state index in [1.807, 2.05) is 35.2 Å². The van der Waals surface area contributed by atoms with Crippen LogP contribution in [-0.2, 0) is 31.2 Å². The van der Waals surface area contributed by atoms with E-state index >= 15 is 0 Å². The molecule has 1 N–H and O–H groups in total. The van der Waals surface area contributed by atoms with E-state index in [1.165, 1.54) is 13.2 Å². The summed E-state index contributed by atoms with van der Waals surface area (Å²) in [5, 5.41) is 0.171. The van der Waals surface area contributed by atoms with Gasteiger partial charge in [0.25, 0.3) is 10.0 Å². The summed E-state index contributed by atoms with van der Waals surface area (Å²) < 4.78 is 54.3. The Kier molecular flexibility index (Phi) is 10.5. The smallest absolute Gasteiger partial charge is 0.265 e. The van der Waals surface area contributed by atoms with Crippen LogP contribution in [0.2, 0.25) is 18.1 Å². The molecule has 3 aromatic carbocycles. The number of anilines is 2. The summed E-state index contributed by atoms with van der Waals surface area (Å²) in [5.74, 6) is 1.55. The van der Waals surface area contributed by atoms with E-state index < -0.39 is 23.8 Å². The third-order valence-electron chi connectivity index (χ3n) is 11.3. The van der Waals surface area contributed by atoms with Crippen molar-refractivity contribution in [2.75, 3.05) is 50.1 Å². The highest BCUT2D eigenvalue weighted by Gasteiger charge is 2.56. The number of ether oxygens (including phenoxy) is 3. The van der Waals surface area contributed by atoms with Crippen LogP contribution in [-0.4, -0.2) is 74.1 Å². The molecule has 0 bridgehead atoms. The Morgan fingerprint density at radius 2 is 1.63 bits per heavy atom. The zero-order valence-electron chi connectivity index (χ0n) is 31.1.